The van der Waals surface area contributed by atoms with E-state index in [0.29, 0.717) is 6.54 Å². The van der Waals surface area contributed by atoms with Gasteiger partial charge in [-0.15, -0.1) is 0 Å². The molecule has 2 saturated heterocycles. The molecule has 3 aliphatic rings. The molecule has 5 atom stereocenters. The summed E-state index contributed by atoms with van der Waals surface area (Å²) >= 11 is 0. The number of carbonyl (C=O) groups is 2. The molecule has 3 heterocycles. The molecule has 3 rings (SSSR count). The highest BCUT2D eigenvalue weighted by Crippen LogP contribution is 2.52. The van der Waals surface area contributed by atoms with Gasteiger partial charge >= 0.3 is 5.97 Å². The zero-order chi connectivity index (χ0) is 13.1. The van der Waals surface area contributed by atoms with Crippen LogP contribution in [0.3, 0.4) is 0 Å². The fourth-order valence-corrected chi connectivity index (χ4v) is 3.40. The quantitative estimate of drug-likeness (QED) is 0.748. The van der Waals surface area contributed by atoms with Crippen LogP contribution < -0.4 is 0 Å². The number of rotatable bonds is 3. The van der Waals surface area contributed by atoms with Crippen molar-refractivity contribution in [3.05, 3.63) is 12.2 Å². The van der Waals surface area contributed by atoms with E-state index in [2.05, 4.69) is 0 Å². The number of fused-ring (bicyclic) bond motifs is 1. The van der Waals surface area contributed by atoms with Crippen LogP contribution in [-0.2, 0) is 14.3 Å². The van der Waals surface area contributed by atoms with Crippen LogP contribution in [0, 0.1) is 11.8 Å². The Kier molecular flexibility index (Phi) is 2.32. The van der Waals surface area contributed by atoms with Gasteiger partial charge in [-0.2, -0.15) is 0 Å². The zero-order valence-corrected chi connectivity index (χ0v) is 10.5. The van der Waals surface area contributed by atoms with E-state index in [4.69, 9.17) is 4.74 Å². The molecular weight excluding hydrogens is 234 g/mol. The van der Waals surface area contributed by atoms with Crippen LogP contribution >= 0.6 is 0 Å². The number of carbonyl (C=O) groups excluding carboxylic acids is 1. The second-order valence-corrected chi connectivity index (χ2v) is 5.46. The van der Waals surface area contributed by atoms with E-state index in [1.165, 1.54) is 0 Å². The molecule has 0 radical (unpaired) electrons. The number of nitrogens with zero attached hydrogens (tertiary/aromatic N) is 1. The van der Waals surface area contributed by atoms with Gasteiger partial charge in [-0.25, -0.2) is 0 Å². The van der Waals surface area contributed by atoms with Crippen molar-refractivity contribution >= 4 is 11.9 Å². The fraction of sp³-hybridized carbons (Fsp3) is 0.692. The standard InChI is InChI=1S/C13H17NO4/c1-3-7(2)14-6-13-5-4-8(18-13)9(12(16)17)10(13)11(14)15/h4-5,7-10H,3,6H2,1-2H3,(H,16,17)/t7-,8-,9-,10+,13+/m0/s1. The number of likely N-dealkylation sites (tertiary alicyclic amines) is 1. The first-order valence-electron chi connectivity index (χ1n) is 6.40. The molecule has 5 heteroatoms. The Morgan fingerprint density at radius 2 is 2.44 bits per heavy atom. The molecule has 3 aliphatic heterocycles. The van der Waals surface area contributed by atoms with E-state index >= 15 is 0 Å². The van der Waals surface area contributed by atoms with Crippen molar-refractivity contribution in [2.24, 2.45) is 11.8 Å². The first-order valence-corrected chi connectivity index (χ1v) is 6.40. The molecule has 18 heavy (non-hydrogen) atoms. The normalized spacial score (nSPS) is 42.4. The molecule has 1 amide bonds. The molecule has 0 aromatic carbocycles. The number of carboxylic acid groups (broad SMARTS) is 1. The lowest BCUT2D eigenvalue weighted by Gasteiger charge is -2.26. The molecule has 98 valence electrons. The van der Waals surface area contributed by atoms with Crippen LogP contribution in [0.25, 0.3) is 0 Å². The third kappa shape index (κ3) is 1.25. The number of ether oxygens (including phenoxy) is 1. The van der Waals surface area contributed by atoms with E-state index < -0.39 is 29.5 Å². The van der Waals surface area contributed by atoms with E-state index in [-0.39, 0.29) is 11.9 Å². The zero-order valence-electron chi connectivity index (χ0n) is 10.5. The highest BCUT2D eigenvalue weighted by Gasteiger charge is 2.67. The van der Waals surface area contributed by atoms with Gasteiger partial charge in [0.1, 0.15) is 11.5 Å². The van der Waals surface area contributed by atoms with Crippen molar-refractivity contribution in [3.63, 3.8) is 0 Å². The number of carboxylic acids is 1. The predicted octanol–water partition coefficient (Wildman–Crippen LogP) is 0.651. The molecule has 1 spiro atoms. The van der Waals surface area contributed by atoms with Crippen LogP contribution in [0.1, 0.15) is 20.3 Å². The molecule has 2 fully saturated rings. The summed E-state index contributed by atoms with van der Waals surface area (Å²) in [4.78, 5) is 25.5. The van der Waals surface area contributed by atoms with E-state index in [1.54, 1.807) is 11.0 Å². The average molecular weight is 251 g/mol. The van der Waals surface area contributed by atoms with Crippen molar-refractivity contribution in [1.82, 2.24) is 4.90 Å². The first kappa shape index (κ1) is 11.7. The number of hydrogen-bond donors (Lipinski definition) is 1. The van der Waals surface area contributed by atoms with Crippen molar-refractivity contribution < 1.29 is 19.4 Å². The minimum Gasteiger partial charge on any atom is -0.481 e. The third-order valence-electron chi connectivity index (χ3n) is 4.54. The summed E-state index contributed by atoms with van der Waals surface area (Å²) in [7, 11) is 0. The molecule has 5 nitrogen and oxygen atoms in total. The maximum atomic E-state index is 12.4. The van der Waals surface area contributed by atoms with Crippen LogP contribution in [-0.4, -0.2) is 46.2 Å². The second-order valence-electron chi connectivity index (χ2n) is 5.46. The minimum atomic E-state index is -0.935. The predicted molar refractivity (Wildman–Crippen MR) is 62.8 cm³/mol. The summed E-state index contributed by atoms with van der Waals surface area (Å²) in [5, 5.41) is 9.29. The highest BCUT2D eigenvalue weighted by molar-refractivity contribution is 5.90. The van der Waals surface area contributed by atoms with Crippen LogP contribution in [0.5, 0.6) is 0 Å². The van der Waals surface area contributed by atoms with Crippen LogP contribution in [0.2, 0.25) is 0 Å². The summed E-state index contributed by atoms with van der Waals surface area (Å²) in [6.45, 7) is 4.50. The summed E-state index contributed by atoms with van der Waals surface area (Å²) in [6, 6.07) is 0.128. The Morgan fingerprint density at radius 3 is 3.06 bits per heavy atom. The lowest BCUT2D eigenvalue weighted by Crippen LogP contribution is -2.40. The summed E-state index contributed by atoms with van der Waals surface area (Å²) in [5.41, 5.74) is -0.686. The SMILES string of the molecule is CC[C@H](C)N1C[C@@]23C=C[C@H](O2)[C@H](C(=O)O)[C@@H]3C1=O. The second kappa shape index (κ2) is 3.57. The van der Waals surface area contributed by atoms with Crippen molar-refractivity contribution in [2.45, 2.75) is 38.0 Å². The van der Waals surface area contributed by atoms with Gasteiger partial charge in [-0.1, -0.05) is 19.1 Å². The number of aliphatic carboxylic acids is 1. The Bertz CT molecular complexity index is 446. The van der Waals surface area contributed by atoms with Gasteiger partial charge in [0.05, 0.1) is 18.6 Å². The number of amides is 1. The Labute approximate surface area is 105 Å². The molecule has 1 N–H and O–H groups in total. The van der Waals surface area contributed by atoms with Crippen LogP contribution in [0.15, 0.2) is 12.2 Å². The molecule has 0 saturated carbocycles. The monoisotopic (exact) mass is 251 g/mol. The Hall–Kier alpha value is -1.36. The molecule has 0 unspecified atom stereocenters. The smallest absolute Gasteiger partial charge is 0.310 e. The fourth-order valence-electron chi connectivity index (χ4n) is 3.40. The maximum Gasteiger partial charge on any atom is 0.310 e. The van der Waals surface area contributed by atoms with Gasteiger partial charge in [0.25, 0.3) is 0 Å². The van der Waals surface area contributed by atoms with E-state index in [9.17, 15) is 14.7 Å². The van der Waals surface area contributed by atoms with Crippen molar-refractivity contribution in [2.75, 3.05) is 6.54 Å². The van der Waals surface area contributed by atoms with Crippen molar-refractivity contribution in [1.29, 1.82) is 0 Å². The van der Waals surface area contributed by atoms with Gasteiger partial charge in [0.15, 0.2) is 0 Å². The first-order chi connectivity index (χ1) is 8.50. The Morgan fingerprint density at radius 1 is 1.72 bits per heavy atom. The topological polar surface area (TPSA) is 66.8 Å². The molecule has 0 aromatic heterocycles. The summed E-state index contributed by atoms with van der Waals surface area (Å²) in [5.74, 6) is -2.27. The van der Waals surface area contributed by atoms with E-state index in [0.717, 1.165) is 6.42 Å². The highest BCUT2D eigenvalue weighted by atomic mass is 16.5. The number of hydrogen-bond acceptors (Lipinski definition) is 3. The van der Waals surface area contributed by atoms with E-state index in [1.807, 2.05) is 19.9 Å². The third-order valence-corrected chi connectivity index (χ3v) is 4.54. The maximum absolute atomic E-state index is 12.4. The lowest BCUT2D eigenvalue weighted by atomic mass is 9.77. The Balaban J connectivity index is 1.97. The van der Waals surface area contributed by atoms with Gasteiger partial charge in [-0.05, 0) is 13.3 Å². The average Bonchev–Trinajstić information content (AvgIpc) is 2.96. The van der Waals surface area contributed by atoms with Crippen LogP contribution in [0.4, 0.5) is 0 Å². The summed E-state index contributed by atoms with van der Waals surface area (Å²) in [6.07, 6.45) is 4.11. The van der Waals surface area contributed by atoms with Gasteiger partial charge in [-0.3, -0.25) is 9.59 Å². The molecule has 2 bridgehead atoms. The van der Waals surface area contributed by atoms with Gasteiger partial charge in [0, 0.05) is 6.04 Å². The summed E-state index contributed by atoms with van der Waals surface area (Å²) < 4.78 is 5.80. The van der Waals surface area contributed by atoms with Crippen molar-refractivity contribution in [3.8, 4) is 0 Å². The molecule has 0 aromatic rings. The lowest BCUT2D eigenvalue weighted by molar-refractivity contribution is -0.148. The van der Waals surface area contributed by atoms with Gasteiger partial charge < -0.3 is 14.7 Å². The largest absolute Gasteiger partial charge is 0.481 e. The minimum absolute atomic E-state index is 0.0661. The molecular formula is C13H17NO4. The van der Waals surface area contributed by atoms with Gasteiger partial charge in [0.2, 0.25) is 5.91 Å². The molecule has 0 aliphatic carbocycles.